The second-order valence-electron chi connectivity index (χ2n) is 5.91. The zero-order valence-electron chi connectivity index (χ0n) is 12.4. The van der Waals surface area contributed by atoms with E-state index in [0.29, 0.717) is 0 Å². The number of para-hydroxylation sites is 1. The Morgan fingerprint density at radius 1 is 1.26 bits per heavy atom. The van der Waals surface area contributed by atoms with Crippen LogP contribution in [0.15, 0.2) is 18.2 Å². The van der Waals surface area contributed by atoms with Crippen LogP contribution in [0.2, 0.25) is 0 Å². The van der Waals surface area contributed by atoms with Crippen molar-refractivity contribution in [3.63, 3.8) is 0 Å². The van der Waals surface area contributed by atoms with Gasteiger partial charge in [-0.25, -0.2) is 0 Å². The van der Waals surface area contributed by atoms with Gasteiger partial charge >= 0.3 is 0 Å². The molecule has 0 amide bonds. The van der Waals surface area contributed by atoms with Crippen molar-refractivity contribution in [2.75, 3.05) is 32.6 Å². The van der Waals surface area contributed by atoms with Gasteiger partial charge in [0.2, 0.25) is 0 Å². The maximum Gasteiger partial charge on any atom is 0.101 e. The maximum absolute atomic E-state index is 9.28. The Kier molecular flexibility index (Phi) is 3.82. The van der Waals surface area contributed by atoms with Gasteiger partial charge in [0.1, 0.15) is 6.07 Å². The predicted molar refractivity (Wildman–Crippen MR) is 79.4 cm³/mol. The summed E-state index contributed by atoms with van der Waals surface area (Å²) in [6, 6.07) is 8.25. The normalized spacial score (nSPS) is 16.8. The van der Waals surface area contributed by atoms with E-state index in [1.807, 2.05) is 12.1 Å². The summed E-state index contributed by atoms with van der Waals surface area (Å²) in [4.78, 5) is 4.60. The highest BCUT2D eigenvalue weighted by Crippen LogP contribution is 2.38. The lowest BCUT2D eigenvalue weighted by Crippen LogP contribution is -2.56. The van der Waals surface area contributed by atoms with Crippen LogP contribution in [0.4, 0.5) is 5.69 Å². The van der Waals surface area contributed by atoms with E-state index in [4.69, 9.17) is 0 Å². The number of rotatable bonds is 4. The third-order valence-electron chi connectivity index (χ3n) is 4.50. The monoisotopic (exact) mass is 257 g/mol. The molecule has 1 aromatic rings. The van der Waals surface area contributed by atoms with Crippen LogP contribution in [0.3, 0.4) is 0 Å². The summed E-state index contributed by atoms with van der Waals surface area (Å²) in [6.07, 6.45) is 3.81. The lowest BCUT2D eigenvalue weighted by atomic mass is 9.75. The van der Waals surface area contributed by atoms with Gasteiger partial charge in [-0.05, 0) is 51.9 Å². The Hall–Kier alpha value is -1.53. The molecule has 3 nitrogen and oxygen atoms in total. The van der Waals surface area contributed by atoms with Crippen LogP contribution in [0.1, 0.15) is 30.4 Å². The fourth-order valence-electron chi connectivity index (χ4n) is 3.11. The van der Waals surface area contributed by atoms with Crippen LogP contribution >= 0.6 is 0 Å². The van der Waals surface area contributed by atoms with Crippen molar-refractivity contribution in [1.82, 2.24) is 4.90 Å². The van der Waals surface area contributed by atoms with Crippen molar-refractivity contribution in [2.24, 2.45) is 0 Å². The summed E-state index contributed by atoms with van der Waals surface area (Å²) in [6.45, 7) is 3.06. The van der Waals surface area contributed by atoms with Crippen molar-refractivity contribution < 1.29 is 0 Å². The molecule has 0 saturated heterocycles. The molecular weight excluding hydrogens is 234 g/mol. The average Bonchev–Trinajstić information content (AvgIpc) is 2.32. The number of nitrogens with zero attached hydrogens (tertiary/aromatic N) is 3. The van der Waals surface area contributed by atoms with E-state index < -0.39 is 0 Å². The van der Waals surface area contributed by atoms with Crippen molar-refractivity contribution in [3.8, 4) is 6.07 Å². The number of likely N-dealkylation sites (N-methyl/N-ethyl adjacent to an activating group) is 2. The minimum absolute atomic E-state index is 0.282. The van der Waals surface area contributed by atoms with E-state index in [1.54, 1.807) is 0 Å². The Morgan fingerprint density at radius 3 is 2.42 bits per heavy atom. The minimum atomic E-state index is 0.282. The fourth-order valence-corrected chi connectivity index (χ4v) is 3.11. The summed E-state index contributed by atoms with van der Waals surface area (Å²) in [5.41, 5.74) is 3.31. The number of aryl methyl sites for hydroxylation is 1. The number of hydrogen-bond donors (Lipinski definition) is 0. The molecule has 0 aromatic heterocycles. The largest absolute Gasteiger partial charge is 0.371 e. The SMILES string of the molecule is Cc1cccc(C#N)c1N(C)CC1(N(C)C)CCC1. The fraction of sp³-hybridized carbons (Fsp3) is 0.562. The zero-order chi connectivity index (χ0) is 14.0. The lowest BCUT2D eigenvalue weighted by Gasteiger charge is -2.49. The molecule has 102 valence electrons. The molecule has 0 unspecified atom stereocenters. The molecule has 0 aliphatic heterocycles. The first-order valence-electron chi connectivity index (χ1n) is 6.88. The number of hydrogen-bond acceptors (Lipinski definition) is 3. The van der Waals surface area contributed by atoms with Crippen LogP contribution < -0.4 is 4.90 Å². The first-order valence-corrected chi connectivity index (χ1v) is 6.88. The molecule has 1 saturated carbocycles. The zero-order valence-corrected chi connectivity index (χ0v) is 12.4. The Bertz CT molecular complexity index is 495. The summed E-state index contributed by atoms with van der Waals surface area (Å²) in [5.74, 6) is 0. The highest BCUT2D eigenvalue weighted by molar-refractivity contribution is 5.63. The standard InChI is InChI=1S/C16H23N3/c1-13-7-5-8-14(11-17)15(13)19(4)12-16(18(2)3)9-6-10-16/h5,7-8H,6,9-10,12H2,1-4H3. The topological polar surface area (TPSA) is 30.3 Å². The van der Waals surface area contributed by atoms with Gasteiger partial charge in [0, 0.05) is 19.1 Å². The molecule has 0 atom stereocenters. The van der Waals surface area contributed by atoms with Gasteiger partial charge in [0.05, 0.1) is 11.3 Å². The van der Waals surface area contributed by atoms with Crippen LogP contribution in [0.5, 0.6) is 0 Å². The van der Waals surface area contributed by atoms with Gasteiger partial charge in [-0.3, -0.25) is 0 Å². The molecule has 0 heterocycles. The molecule has 0 radical (unpaired) electrons. The van der Waals surface area contributed by atoms with Crippen LogP contribution in [-0.4, -0.2) is 38.1 Å². The summed E-state index contributed by atoms with van der Waals surface area (Å²) in [5, 5.41) is 9.28. The average molecular weight is 257 g/mol. The second kappa shape index (κ2) is 5.22. The van der Waals surface area contributed by atoms with E-state index in [9.17, 15) is 5.26 Å². The van der Waals surface area contributed by atoms with Gasteiger partial charge < -0.3 is 9.80 Å². The second-order valence-corrected chi connectivity index (χ2v) is 5.91. The molecule has 2 rings (SSSR count). The van der Waals surface area contributed by atoms with Gasteiger partial charge in [0.25, 0.3) is 0 Å². The number of benzene rings is 1. The quantitative estimate of drug-likeness (QED) is 0.831. The molecular formula is C16H23N3. The van der Waals surface area contributed by atoms with E-state index in [1.165, 1.54) is 24.8 Å². The number of anilines is 1. The van der Waals surface area contributed by atoms with E-state index >= 15 is 0 Å². The summed E-state index contributed by atoms with van der Waals surface area (Å²) >= 11 is 0. The smallest absolute Gasteiger partial charge is 0.101 e. The first kappa shape index (κ1) is 13.9. The highest BCUT2D eigenvalue weighted by Gasteiger charge is 2.40. The van der Waals surface area contributed by atoms with Crippen molar-refractivity contribution in [2.45, 2.75) is 31.7 Å². The summed E-state index contributed by atoms with van der Waals surface area (Å²) in [7, 11) is 6.43. The van der Waals surface area contributed by atoms with Gasteiger partial charge in [-0.2, -0.15) is 5.26 Å². The lowest BCUT2D eigenvalue weighted by molar-refractivity contribution is 0.0683. The predicted octanol–water partition coefficient (Wildman–Crippen LogP) is 2.79. The minimum Gasteiger partial charge on any atom is -0.371 e. The summed E-state index contributed by atoms with van der Waals surface area (Å²) < 4.78 is 0. The first-order chi connectivity index (χ1) is 9.00. The third-order valence-corrected chi connectivity index (χ3v) is 4.50. The van der Waals surface area contributed by atoms with Crippen molar-refractivity contribution >= 4 is 5.69 Å². The molecule has 1 aromatic carbocycles. The molecule has 0 N–H and O–H groups in total. The van der Waals surface area contributed by atoms with E-state index in [2.05, 4.69) is 50.0 Å². The van der Waals surface area contributed by atoms with E-state index in [-0.39, 0.29) is 5.54 Å². The Labute approximate surface area is 116 Å². The number of nitriles is 1. The van der Waals surface area contributed by atoms with Crippen molar-refractivity contribution in [3.05, 3.63) is 29.3 Å². The molecule has 0 spiro atoms. The maximum atomic E-state index is 9.28. The highest BCUT2D eigenvalue weighted by atomic mass is 15.2. The van der Waals surface area contributed by atoms with Gasteiger partial charge in [-0.1, -0.05) is 12.1 Å². The molecule has 1 aliphatic rings. The third kappa shape index (κ3) is 2.46. The molecule has 3 heteroatoms. The van der Waals surface area contributed by atoms with Gasteiger partial charge in [0.15, 0.2) is 0 Å². The van der Waals surface area contributed by atoms with Crippen LogP contribution in [-0.2, 0) is 0 Å². The van der Waals surface area contributed by atoms with Gasteiger partial charge in [-0.15, -0.1) is 0 Å². The molecule has 0 bridgehead atoms. The molecule has 1 aliphatic carbocycles. The Morgan fingerprint density at radius 2 is 1.95 bits per heavy atom. The van der Waals surface area contributed by atoms with E-state index in [0.717, 1.165) is 17.8 Å². The van der Waals surface area contributed by atoms with Crippen molar-refractivity contribution in [1.29, 1.82) is 5.26 Å². The molecule has 1 fully saturated rings. The Balaban J connectivity index is 2.26. The molecule has 19 heavy (non-hydrogen) atoms. The van der Waals surface area contributed by atoms with Crippen LogP contribution in [0.25, 0.3) is 0 Å². The van der Waals surface area contributed by atoms with Crippen LogP contribution in [0, 0.1) is 18.3 Å².